The van der Waals surface area contributed by atoms with Gasteiger partial charge < -0.3 is 10.2 Å². The number of anilines is 1. The van der Waals surface area contributed by atoms with Crippen molar-refractivity contribution in [2.24, 2.45) is 5.92 Å². The van der Waals surface area contributed by atoms with Gasteiger partial charge in [0.05, 0.1) is 26.8 Å². The largest absolute Gasteiger partial charge is 0.322 e. The van der Waals surface area contributed by atoms with Crippen LogP contribution in [0.3, 0.4) is 0 Å². The molecule has 3 aromatic rings. The number of aromatic nitrogens is 2. The zero-order chi connectivity index (χ0) is 24.2. The number of H-pyrrole nitrogens is 1. The Hall–Kier alpha value is -2.10. The highest BCUT2D eigenvalue weighted by Gasteiger charge is 2.26. The number of nitrogens with zero attached hydrogens (tertiary/aromatic N) is 4. The third-order valence-corrected chi connectivity index (χ3v) is 8.46. The molecule has 7 nitrogen and oxygen atoms in total. The molecule has 2 saturated heterocycles. The zero-order valence-corrected chi connectivity index (χ0v) is 21.9. The smallest absolute Gasteiger partial charge is 0.321 e. The quantitative estimate of drug-likeness (QED) is 0.439. The predicted molar refractivity (Wildman–Crippen MR) is 143 cm³/mol. The molecule has 0 radical (unpaired) electrons. The van der Waals surface area contributed by atoms with E-state index in [0.717, 1.165) is 58.1 Å². The number of piperazine rings is 1. The molecule has 5 rings (SSSR count). The molecular formula is C25H30Cl2N6OS. The molecule has 2 N–H and O–H groups in total. The number of hydrogen-bond acceptors (Lipinski definition) is 5. The molecule has 2 aromatic heterocycles. The average molecular weight is 534 g/mol. The summed E-state index contributed by atoms with van der Waals surface area (Å²) in [5, 5.41) is 13.4. The van der Waals surface area contributed by atoms with E-state index in [0.29, 0.717) is 21.7 Å². The van der Waals surface area contributed by atoms with Gasteiger partial charge in [0.1, 0.15) is 0 Å². The summed E-state index contributed by atoms with van der Waals surface area (Å²) >= 11 is 13.8. The molecule has 35 heavy (non-hydrogen) atoms. The van der Waals surface area contributed by atoms with Crippen LogP contribution in [0.5, 0.6) is 0 Å². The van der Waals surface area contributed by atoms with Gasteiger partial charge in [-0.1, -0.05) is 29.3 Å². The van der Waals surface area contributed by atoms with Crippen LogP contribution in [0.15, 0.2) is 41.9 Å². The fourth-order valence-corrected chi connectivity index (χ4v) is 6.08. The number of rotatable bonds is 6. The highest BCUT2D eigenvalue weighted by atomic mass is 35.5. The maximum absolute atomic E-state index is 12.7. The molecule has 10 heteroatoms. The lowest BCUT2D eigenvalue weighted by Crippen LogP contribution is -2.52. The summed E-state index contributed by atoms with van der Waals surface area (Å²) in [5.74, 6) is 0.650. The summed E-state index contributed by atoms with van der Waals surface area (Å²) in [5.41, 5.74) is 3.08. The second-order valence-corrected chi connectivity index (χ2v) is 11.1. The summed E-state index contributed by atoms with van der Waals surface area (Å²) in [7, 11) is 0. The van der Waals surface area contributed by atoms with Crippen LogP contribution in [0.1, 0.15) is 18.4 Å². The number of thiophene rings is 1. The first-order valence-electron chi connectivity index (χ1n) is 12.1. The number of amides is 2. The molecule has 186 valence electrons. The lowest BCUT2D eigenvalue weighted by atomic mass is 9.96. The third-order valence-electron chi connectivity index (χ3n) is 6.83. The van der Waals surface area contributed by atoms with Gasteiger partial charge in [0.25, 0.3) is 0 Å². The molecule has 2 aliphatic rings. The van der Waals surface area contributed by atoms with Gasteiger partial charge in [0.15, 0.2) is 0 Å². The minimum absolute atomic E-state index is 0.0893. The van der Waals surface area contributed by atoms with Gasteiger partial charge in [0, 0.05) is 57.1 Å². The molecule has 0 aliphatic carbocycles. The first-order valence-corrected chi connectivity index (χ1v) is 13.7. The van der Waals surface area contributed by atoms with E-state index in [2.05, 4.69) is 42.8 Å². The number of piperidine rings is 1. The molecule has 0 unspecified atom stereocenters. The molecule has 1 aromatic carbocycles. The normalized spacial score (nSPS) is 19.7. The molecule has 4 heterocycles. The maximum atomic E-state index is 12.7. The molecular weight excluding hydrogens is 503 g/mol. The first kappa shape index (κ1) is 24.6. The molecule has 2 amide bonds. The van der Waals surface area contributed by atoms with E-state index >= 15 is 0 Å². The molecule has 1 atom stereocenters. The minimum Gasteiger partial charge on any atom is -0.322 e. The van der Waals surface area contributed by atoms with Crippen LogP contribution in [-0.2, 0) is 6.54 Å². The Morgan fingerprint density at radius 3 is 2.74 bits per heavy atom. The summed E-state index contributed by atoms with van der Waals surface area (Å²) < 4.78 is 0. The van der Waals surface area contributed by atoms with Crippen molar-refractivity contribution >= 4 is 46.3 Å². The Morgan fingerprint density at radius 2 is 1.97 bits per heavy atom. The lowest BCUT2D eigenvalue weighted by molar-refractivity contribution is 0.0985. The van der Waals surface area contributed by atoms with Crippen LogP contribution >= 0.6 is 34.5 Å². The van der Waals surface area contributed by atoms with Crippen molar-refractivity contribution in [2.45, 2.75) is 19.4 Å². The number of aromatic amines is 1. The topological polar surface area (TPSA) is 67.5 Å². The van der Waals surface area contributed by atoms with Crippen molar-refractivity contribution in [3.63, 3.8) is 0 Å². The molecule has 2 aliphatic heterocycles. The van der Waals surface area contributed by atoms with Gasteiger partial charge in [-0.05, 0) is 54.9 Å². The number of carbonyl (C=O) groups excluding carboxylic acids is 1. The Labute approximate surface area is 220 Å². The number of benzene rings is 1. The van der Waals surface area contributed by atoms with Crippen LogP contribution < -0.4 is 5.32 Å². The van der Waals surface area contributed by atoms with E-state index in [1.807, 2.05) is 11.1 Å². The lowest BCUT2D eigenvalue weighted by Gasteiger charge is -2.39. The Balaban J connectivity index is 1.09. The van der Waals surface area contributed by atoms with Gasteiger partial charge in [-0.2, -0.15) is 5.10 Å². The van der Waals surface area contributed by atoms with Crippen LogP contribution in [0, 0.1) is 5.92 Å². The summed E-state index contributed by atoms with van der Waals surface area (Å²) in [6, 6.07) is 9.28. The van der Waals surface area contributed by atoms with E-state index < -0.39 is 0 Å². The van der Waals surface area contributed by atoms with Gasteiger partial charge in [0.2, 0.25) is 0 Å². The third kappa shape index (κ3) is 6.19. The predicted octanol–water partition coefficient (Wildman–Crippen LogP) is 5.51. The second-order valence-electron chi connectivity index (χ2n) is 9.34. The van der Waals surface area contributed by atoms with E-state index in [1.54, 1.807) is 29.5 Å². The highest BCUT2D eigenvalue weighted by molar-refractivity contribution is 7.13. The van der Waals surface area contributed by atoms with Gasteiger partial charge in [-0.15, -0.1) is 11.3 Å². The molecule has 2 fully saturated rings. The van der Waals surface area contributed by atoms with Crippen molar-refractivity contribution in [3.05, 3.63) is 57.5 Å². The average Bonchev–Trinajstić information content (AvgIpc) is 3.54. The van der Waals surface area contributed by atoms with Crippen molar-refractivity contribution in [1.82, 2.24) is 24.9 Å². The van der Waals surface area contributed by atoms with Crippen molar-refractivity contribution in [3.8, 4) is 10.6 Å². The van der Waals surface area contributed by atoms with Gasteiger partial charge in [-0.3, -0.25) is 14.9 Å². The number of nitrogens with one attached hydrogen (secondary N) is 2. The van der Waals surface area contributed by atoms with E-state index in [-0.39, 0.29) is 6.03 Å². The summed E-state index contributed by atoms with van der Waals surface area (Å²) in [4.78, 5) is 20.9. The van der Waals surface area contributed by atoms with Gasteiger partial charge in [-0.25, -0.2) is 4.79 Å². The van der Waals surface area contributed by atoms with Crippen LogP contribution in [0.4, 0.5) is 10.5 Å². The number of halogens is 2. The standard InChI is InChI=1S/C25H30Cl2N6OS/c26-21-6-5-20(13-22(21)27)29-25(34)33-10-8-31(9-11-33)15-18-3-1-7-32(16-18)17-19-14-28-30-24(19)23-4-2-12-35-23/h2,4-6,12-14,18H,1,3,7-11,15-17H2,(H,28,30)(H,29,34)/t18-/m0/s1. The van der Waals surface area contributed by atoms with Crippen LogP contribution in [0.2, 0.25) is 10.0 Å². The monoisotopic (exact) mass is 532 g/mol. The molecule has 0 spiro atoms. The number of urea groups is 1. The van der Waals surface area contributed by atoms with E-state index in [4.69, 9.17) is 23.2 Å². The Bertz CT molecular complexity index is 1130. The molecule has 0 saturated carbocycles. The highest BCUT2D eigenvalue weighted by Crippen LogP contribution is 2.28. The van der Waals surface area contributed by atoms with Crippen LogP contribution in [-0.4, -0.2) is 76.7 Å². The fourth-order valence-electron chi connectivity index (χ4n) is 5.03. The Kier molecular flexibility index (Phi) is 7.94. The maximum Gasteiger partial charge on any atom is 0.321 e. The fraction of sp³-hybridized carbons (Fsp3) is 0.440. The van der Waals surface area contributed by atoms with Crippen molar-refractivity contribution in [2.75, 3.05) is 51.1 Å². The minimum atomic E-state index is -0.0893. The number of carbonyl (C=O) groups is 1. The molecule has 0 bridgehead atoms. The van der Waals surface area contributed by atoms with Gasteiger partial charge >= 0.3 is 6.03 Å². The first-order chi connectivity index (χ1) is 17.0. The summed E-state index contributed by atoms with van der Waals surface area (Å²) in [6.45, 7) is 7.50. The van der Waals surface area contributed by atoms with E-state index in [9.17, 15) is 4.79 Å². The Morgan fingerprint density at radius 1 is 1.11 bits per heavy atom. The van der Waals surface area contributed by atoms with Crippen LogP contribution in [0.25, 0.3) is 10.6 Å². The zero-order valence-electron chi connectivity index (χ0n) is 19.6. The number of likely N-dealkylation sites (tertiary alicyclic amines) is 1. The van der Waals surface area contributed by atoms with Crippen molar-refractivity contribution in [1.29, 1.82) is 0 Å². The van der Waals surface area contributed by atoms with Crippen molar-refractivity contribution < 1.29 is 4.79 Å². The summed E-state index contributed by atoms with van der Waals surface area (Å²) in [6.07, 6.45) is 4.46. The number of hydrogen-bond donors (Lipinski definition) is 2. The second kappa shape index (κ2) is 11.3. The van der Waals surface area contributed by atoms with E-state index in [1.165, 1.54) is 23.3 Å². The SMILES string of the molecule is O=C(Nc1ccc(Cl)c(Cl)c1)N1CCN(C[C@@H]2CCCN(Cc3cn[nH]c3-c3cccs3)C2)CC1.